The van der Waals surface area contributed by atoms with E-state index in [-0.39, 0.29) is 6.61 Å². The van der Waals surface area contributed by atoms with Crippen molar-refractivity contribution >= 4 is 0 Å². The fourth-order valence-corrected chi connectivity index (χ4v) is 0.516. The zero-order valence-corrected chi connectivity index (χ0v) is 4.24. The minimum atomic E-state index is -1.17. The summed E-state index contributed by atoms with van der Waals surface area (Å²) in [4.78, 5) is 0. The van der Waals surface area contributed by atoms with Gasteiger partial charge in [-0.25, -0.2) is 0 Å². The first-order chi connectivity index (χ1) is 4.21. The van der Waals surface area contributed by atoms with Gasteiger partial charge >= 0.3 is 0 Å². The second-order valence-corrected chi connectivity index (χ2v) is 1.48. The van der Waals surface area contributed by atoms with Crippen LogP contribution in [0.3, 0.4) is 0 Å². The van der Waals surface area contributed by atoms with Crippen molar-refractivity contribution < 1.29 is 7.48 Å². The maximum Gasteiger partial charge on any atom is 0.0590 e. The molecule has 0 spiro atoms. The van der Waals surface area contributed by atoms with Crippen LogP contribution in [0, 0.1) is 0 Å². The average molecular weight is 103 g/mol. The quantitative estimate of drug-likeness (QED) is 0.466. The van der Waals surface area contributed by atoms with Crippen molar-refractivity contribution in [3.8, 4) is 0 Å². The van der Waals surface area contributed by atoms with Crippen molar-refractivity contribution in [1.82, 2.24) is 5.32 Å². The molecule has 1 aliphatic heterocycles. The minimum absolute atomic E-state index is 0.222. The predicted octanol–water partition coefficient (Wildman–Crippen LogP) is -0.00370. The third-order valence-corrected chi connectivity index (χ3v) is 0.877. The maximum absolute atomic E-state index is 7.25. The van der Waals surface area contributed by atoms with E-state index < -0.39 is 6.37 Å². The van der Waals surface area contributed by atoms with Gasteiger partial charge in [-0.3, -0.25) is 0 Å². The summed E-state index contributed by atoms with van der Waals surface area (Å²) in [5.74, 6) is 0. The standard InChI is InChI=1S/C5H11NO/c1-2-6-3-5-7-4-1/h6H,1-5H2/i1D2. The van der Waals surface area contributed by atoms with Crippen molar-refractivity contribution in [1.29, 1.82) is 0 Å². The highest BCUT2D eigenvalue weighted by Crippen LogP contribution is 1.83. The Labute approximate surface area is 46.7 Å². The van der Waals surface area contributed by atoms with E-state index in [1.165, 1.54) is 0 Å². The molecule has 0 aromatic rings. The molecule has 0 atom stereocenters. The van der Waals surface area contributed by atoms with Gasteiger partial charge in [0.2, 0.25) is 0 Å². The molecule has 0 aromatic carbocycles. The van der Waals surface area contributed by atoms with Gasteiger partial charge in [-0.2, -0.15) is 0 Å². The lowest BCUT2D eigenvalue weighted by atomic mass is 10.5. The van der Waals surface area contributed by atoms with Gasteiger partial charge in [0, 0.05) is 15.9 Å². The molecule has 7 heavy (non-hydrogen) atoms. The number of ether oxygens (including phenoxy) is 1. The number of nitrogens with one attached hydrogen (secondary N) is 1. The summed E-state index contributed by atoms with van der Waals surface area (Å²) in [5, 5.41) is 2.94. The molecule has 1 saturated heterocycles. The molecule has 0 aliphatic carbocycles. The topological polar surface area (TPSA) is 21.3 Å². The highest BCUT2D eigenvalue weighted by atomic mass is 16.5. The smallest absolute Gasteiger partial charge is 0.0590 e. The summed E-state index contributed by atoms with van der Waals surface area (Å²) in [5.41, 5.74) is 0. The monoisotopic (exact) mass is 103 g/mol. The Morgan fingerprint density at radius 1 is 1.43 bits per heavy atom. The lowest BCUT2D eigenvalue weighted by molar-refractivity contribution is 0.151. The molecule has 1 rings (SSSR count). The maximum atomic E-state index is 7.25. The first-order valence-electron chi connectivity index (χ1n) is 3.49. The van der Waals surface area contributed by atoms with Gasteiger partial charge in [-0.1, -0.05) is 0 Å². The van der Waals surface area contributed by atoms with Gasteiger partial charge < -0.3 is 10.1 Å². The SMILES string of the molecule is [2H]C1([2H])CNCCOC1. The predicted molar refractivity (Wildman–Crippen MR) is 28.3 cm³/mol. The van der Waals surface area contributed by atoms with Gasteiger partial charge in [0.1, 0.15) is 0 Å². The Balaban J connectivity index is 2.36. The molecule has 2 heteroatoms. The van der Waals surface area contributed by atoms with Crippen LogP contribution >= 0.6 is 0 Å². The largest absolute Gasteiger partial charge is 0.380 e. The van der Waals surface area contributed by atoms with Crippen LogP contribution in [0.15, 0.2) is 0 Å². The van der Waals surface area contributed by atoms with E-state index in [1.54, 1.807) is 0 Å². The van der Waals surface area contributed by atoms with Crippen LogP contribution in [-0.2, 0) is 4.74 Å². The molecular weight excluding hydrogens is 90.1 g/mol. The molecule has 42 valence electrons. The Kier molecular flexibility index (Phi) is 1.30. The third-order valence-electron chi connectivity index (χ3n) is 0.877. The summed E-state index contributed by atoms with van der Waals surface area (Å²) in [7, 11) is 0. The molecule has 0 unspecified atom stereocenters. The van der Waals surface area contributed by atoms with E-state index in [0.29, 0.717) is 13.2 Å². The molecular formula is C5H11NO. The van der Waals surface area contributed by atoms with Gasteiger partial charge in [0.15, 0.2) is 0 Å². The molecule has 1 heterocycles. The minimum Gasteiger partial charge on any atom is -0.380 e. The van der Waals surface area contributed by atoms with Crippen LogP contribution in [0.4, 0.5) is 0 Å². The highest BCUT2D eigenvalue weighted by molar-refractivity contribution is 4.50. The zero-order valence-electron chi connectivity index (χ0n) is 6.24. The number of hydrogen-bond donors (Lipinski definition) is 1. The van der Waals surface area contributed by atoms with E-state index >= 15 is 0 Å². The van der Waals surface area contributed by atoms with Crippen LogP contribution in [0.25, 0.3) is 0 Å². The molecule has 1 N–H and O–H groups in total. The van der Waals surface area contributed by atoms with E-state index in [0.717, 1.165) is 6.54 Å². The van der Waals surface area contributed by atoms with Crippen LogP contribution < -0.4 is 5.32 Å². The fraction of sp³-hybridized carbons (Fsp3) is 1.00. The summed E-state index contributed by atoms with van der Waals surface area (Å²) in [6.07, 6.45) is -1.17. The summed E-state index contributed by atoms with van der Waals surface area (Å²) in [6, 6.07) is 0. The first kappa shape index (κ1) is 3.05. The molecule has 0 amide bonds. The third kappa shape index (κ3) is 1.90. The number of hydrogen-bond acceptors (Lipinski definition) is 2. The zero-order chi connectivity index (χ0) is 6.74. The second kappa shape index (κ2) is 2.99. The summed E-state index contributed by atoms with van der Waals surface area (Å²) in [6.45, 7) is 2.02. The second-order valence-electron chi connectivity index (χ2n) is 1.48. The van der Waals surface area contributed by atoms with Gasteiger partial charge in [0.25, 0.3) is 0 Å². The van der Waals surface area contributed by atoms with Crippen LogP contribution in [0.2, 0.25) is 0 Å². The van der Waals surface area contributed by atoms with Gasteiger partial charge in [0.05, 0.1) is 6.61 Å². The molecule has 2 nitrogen and oxygen atoms in total. The van der Waals surface area contributed by atoms with Gasteiger partial charge in [-0.05, 0) is 12.9 Å². The van der Waals surface area contributed by atoms with Crippen molar-refractivity contribution in [3.05, 3.63) is 0 Å². The Bertz CT molecular complexity index is 87.0. The Morgan fingerprint density at radius 3 is 3.43 bits per heavy atom. The molecule has 0 aromatic heterocycles. The van der Waals surface area contributed by atoms with Crippen molar-refractivity contribution in [2.75, 3.05) is 26.3 Å². The van der Waals surface area contributed by atoms with Gasteiger partial charge in [-0.15, -0.1) is 0 Å². The summed E-state index contributed by atoms with van der Waals surface area (Å²) >= 11 is 0. The lowest BCUT2D eigenvalue weighted by Gasteiger charge is -1.91. The van der Waals surface area contributed by atoms with Crippen LogP contribution in [0.1, 0.15) is 9.11 Å². The Morgan fingerprint density at radius 2 is 2.43 bits per heavy atom. The first-order valence-corrected chi connectivity index (χ1v) is 2.49. The average Bonchev–Trinajstić information content (AvgIpc) is 1.92. The van der Waals surface area contributed by atoms with Crippen molar-refractivity contribution in [2.24, 2.45) is 0 Å². The highest BCUT2D eigenvalue weighted by Gasteiger charge is 1.93. The normalized spacial score (nSPS) is 35.4. The van der Waals surface area contributed by atoms with E-state index in [2.05, 4.69) is 5.32 Å². The number of rotatable bonds is 0. The molecule has 1 aliphatic rings. The van der Waals surface area contributed by atoms with Crippen molar-refractivity contribution in [3.63, 3.8) is 0 Å². The molecule has 1 fully saturated rings. The molecule has 0 bridgehead atoms. The van der Waals surface area contributed by atoms with Crippen LogP contribution in [-0.4, -0.2) is 26.3 Å². The van der Waals surface area contributed by atoms with E-state index in [4.69, 9.17) is 7.48 Å². The van der Waals surface area contributed by atoms with E-state index in [9.17, 15) is 0 Å². The lowest BCUT2D eigenvalue weighted by Crippen LogP contribution is -2.15. The Hall–Kier alpha value is -0.0800. The van der Waals surface area contributed by atoms with Crippen LogP contribution in [0.5, 0.6) is 0 Å². The summed E-state index contributed by atoms with van der Waals surface area (Å²) < 4.78 is 19.5. The molecule has 0 radical (unpaired) electrons. The van der Waals surface area contributed by atoms with E-state index in [1.807, 2.05) is 0 Å². The molecule has 0 saturated carbocycles. The fourth-order valence-electron chi connectivity index (χ4n) is 0.516. The van der Waals surface area contributed by atoms with Crippen molar-refractivity contribution in [2.45, 2.75) is 6.37 Å².